The number of benzene rings is 1. The Bertz CT molecular complexity index is 339. The first-order chi connectivity index (χ1) is 6.67. The van der Waals surface area contributed by atoms with E-state index in [2.05, 4.69) is 38.5 Å². The van der Waals surface area contributed by atoms with Gasteiger partial charge in [-0.25, -0.2) is 0 Å². The summed E-state index contributed by atoms with van der Waals surface area (Å²) < 4.78 is 6.16. The van der Waals surface area contributed by atoms with Gasteiger partial charge in [-0.05, 0) is 40.3 Å². The number of carbonyl (C=O) groups excluding carboxylic acids is 1. The fourth-order valence-electron chi connectivity index (χ4n) is 1.09. The molecule has 0 fully saturated rings. The van der Waals surface area contributed by atoms with Crippen molar-refractivity contribution in [3.63, 3.8) is 0 Å². The van der Waals surface area contributed by atoms with E-state index < -0.39 is 0 Å². The summed E-state index contributed by atoms with van der Waals surface area (Å²) in [7, 11) is 1.64. The number of rotatable bonds is 4. The highest BCUT2D eigenvalue weighted by atomic mass is 127. The van der Waals surface area contributed by atoms with Gasteiger partial charge in [-0.2, -0.15) is 0 Å². The minimum atomic E-state index is 0.186. The smallest absolute Gasteiger partial charge is 0.147 e. The lowest BCUT2D eigenvalue weighted by Gasteiger charge is -2.05. The average Bonchev–Trinajstić information content (AvgIpc) is 2.18. The maximum absolute atomic E-state index is 11.2. The number of hydrogen-bond acceptors (Lipinski definition) is 2. The molecule has 0 aliphatic carbocycles. The summed E-state index contributed by atoms with van der Waals surface area (Å²) in [4.78, 5) is 11.2. The number of hydrogen-bond donors (Lipinski definition) is 0. The van der Waals surface area contributed by atoms with Gasteiger partial charge in [-0.3, -0.25) is 4.79 Å². The van der Waals surface area contributed by atoms with Crippen LogP contribution in [0.5, 0.6) is 5.75 Å². The van der Waals surface area contributed by atoms with Gasteiger partial charge in [0.25, 0.3) is 0 Å². The van der Waals surface area contributed by atoms with Gasteiger partial charge in [0, 0.05) is 6.42 Å². The molecule has 0 aromatic heterocycles. The zero-order valence-corrected chi connectivity index (χ0v) is 11.5. The number of ketones is 1. The van der Waals surface area contributed by atoms with Crippen molar-refractivity contribution in [2.45, 2.75) is 6.42 Å². The molecule has 14 heavy (non-hydrogen) atoms. The first-order valence-electron chi connectivity index (χ1n) is 4.07. The second-order valence-corrected chi connectivity index (χ2v) is 4.54. The Kier molecular flexibility index (Phi) is 4.88. The maximum Gasteiger partial charge on any atom is 0.147 e. The molecule has 0 N–H and O–H groups in total. The van der Waals surface area contributed by atoms with Crippen molar-refractivity contribution in [3.8, 4) is 5.75 Å². The van der Waals surface area contributed by atoms with E-state index in [9.17, 15) is 4.79 Å². The summed E-state index contributed by atoms with van der Waals surface area (Å²) in [6, 6.07) is 5.78. The molecule has 1 aromatic carbocycles. The number of Topliss-reactive ketones (excluding diaryl/α,β-unsaturated/α-hetero) is 1. The highest BCUT2D eigenvalue weighted by molar-refractivity contribution is 14.1. The summed E-state index contributed by atoms with van der Waals surface area (Å²) >= 11 is 5.34. The van der Waals surface area contributed by atoms with Gasteiger partial charge in [-0.15, -0.1) is 0 Å². The Morgan fingerprint density at radius 1 is 1.57 bits per heavy atom. The molecule has 0 heterocycles. The van der Waals surface area contributed by atoms with Gasteiger partial charge in [-0.1, -0.05) is 22.0 Å². The molecule has 0 aliphatic heterocycles. The summed E-state index contributed by atoms with van der Waals surface area (Å²) in [6.45, 7) is 0. The highest BCUT2D eigenvalue weighted by Gasteiger charge is 2.04. The first kappa shape index (κ1) is 12.0. The zero-order chi connectivity index (χ0) is 10.6. The standard InChI is InChI=1S/C10H10BrIO2/c1-14-10-3-2-7(5-9(10)12)4-8(13)6-11/h2-3,5H,4,6H2,1H3. The van der Waals surface area contributed by atoms with E-state index in [4.69, 9.17) is 4.74 Å². The Labute approximate surface area is 105 Å². The molecule has 76 valence electrons. The lowest BCUT2D eigenvalue weighted by atomic mass is 10.1. The van der Waals surface area contributed by atoms with Crippen molar-refractivity contribution in [3.05, 3.63) is 27.3 Å². The highest BCUT2D eigenvalue weighted by Crippen LogP contribution is 2.21. The minimum Gasteiger partial charge on any atom is -0.496 e. The van der Waals surface area contributed by atoms with Gasteiger partial charge >= 0.3 is 0 Å². The lowest BCUT2D eigenvalue weighted by Crippen LogP contribution is -2.03. The largest absolute Gasteiger partial charge is 0.496 e. The molecule has 2 nitrogen and oxygen atoms in total. The topological polar surface area (TPSA) is 26.3 Å². The number of methoxy groups -OCH3 is 1. The molecule has 0 atom stereocenters. The molecule has 0 radical (unpaired) electrons. The summed E-state index contributed by atoms with van der Waals surface area (Å²) in [6.07, 6.45) is 0.477. The zero-order valence-electron chi connectivity index (χ0n) is 7.72. The van der Waals surface area contributed by atoms with E-state index in [1.165, 1.54) is 0 Å². The minimum absolute atomic E-state index is 0.186. The molecule has 1 rings (SSSR count). The number of ether oxygens (including phenoxy) is 1. The van der Waals surface area contributed by atoms with Crippen molar-refractivity contribution < 1.29 is 9.53 Å². The summed E-state index contributed by atoms with van der Waals surface area (Å²) in [5, 5.41) is 0.412. The molecule has 0 amide bonds. The lowest BCUT2D eigenvalue weighted by molar-refractivity contribution is -0.115. The van der Waals surface area contributed by atoms with E-state index in [1.807, 2.05) is 18.2 Å². The maximum atomic E-state index is 11.2. The van der Waals surface area contributed by atoms with Crippen molar-refractivity contribution in [1.29, 1.82) is 0 Å². The third-order valence-corrected chi connectivity index (χ3v) is 3.23. The Morgan fingerprint density at radius 2 is 2.29 bits per heavy atom. The van der Waals surface area contributed by atoms with E-state index >= 15 is 0 Å². The van der Waals surface area contributed by atoms with Crippen molar-refractivity contribution in [1.82, 2.24) is 0 Å². The average molecular weight is 369 g/mol. The normalized spacial score (nSPS) is 9.93. The van der Waals surface area contributed by atoms with Gasteiger partial charge in [0.05, 0.1) is 16.0 Å². The van der Waals surface area contributed by atoms with Crippen LogP contribution < -0.4 is 4.74 Å². The molecule has 0 bridgehead atoms. The molecule has 0 saturated carbocycles. The molecule has 4 heteroatoms. The SMILES string of the molecule is COc1ccc(CC(=O)CBr)cc1I. The fraction of sp³-hybridized carbons (Fsp3) is 0.300. The van der Waals surface area contributed by atoms with E-state index in [0.29, 0.717) is 11.8 Å². The Morgan fingerprint density at radius 3 is 2.79 bits per heavy atom. The second-order valence-electron chi connectivity index (χ2n) is 2.82. The molecule has 0 spiro atoms. The molecule has 0 unspecified atom stereocenters. The predicted octanol–water partition coefficient (Wildman–Crippen LogP) is 2.81. The Balaban J connectivity index is 2.81. The Hall–Kier alpha value is -0.100. The summed E-state index contributed by atoms with van der Waals surface area (Å²) in [5.41, 5.74) is 1.03. The summed E-state index contributed by atoms with van der Waals surface area (Å²) in [5.74, 6) is 1.03. The van der Waals surface area contributed by atoms with Crippen LogP contribution in [0.2, 0.25) is 0 Å². The van der Waals surface area contributed by atoms with Crippen LogP contribution in [-0.4, -0.2) is 18.2 Å². The van der Waals surface area contributed by atoms with Crippen molar-refractivity contribution in [2.75, 3.05) is 12.4 Å². The number of alkyl halides is 1. The van der Waals surface area contributed by atoms with Crippen LogP contribution in [0.15, 0.2) is 18.2 Å². The van der Waals surface area contributed by atoms with E-state index in [-0.39, 0.29) is 5.78 Å². The second kappa shape index (κ2) is 5.70. The van der Waals surface area contributed by atoms with Gasteiger partial charge < -0.3 is 4.74 Å². The van der Waals surface area contributed by atoms with E-state index in [1.54, 1.807) is 7.11 Å². The third kappa shape index (κ3) is 3.24. The monoisotopic (exact) mass is 368 g/mol. The molecule has 1 aromatic rings. The van der Waals surface area contributed by atoms with Crippen molar-refractivity contribution in [2.24, 2.45) is 0 Å². The van der Waals surface area contributed by atoms with Gasteiger partial charge in [0.15, 0.2) is 0 Å². The van der Waals surface area contributed by atoms with Gasteiger partial charge in [0.1, 0.15) is 11.5 Å². The van der Waals surface area contributed by atoms with Crippen LogP contribution in [-0.2, 0) is 11.2 Å². The van der Waals surface area contributed by atoms with Crippen LogP contribution in [0.4, 0.5) is 0 Å². The molecule has 0 saturated heterocycles. The van der Waals surface area contributed by atoms with Crippen LogP contribution in [0, 0.1) is 3.57 Å². The molecule has 0 aliphatic rings. The quantitative estimate of drug-likeness (QED) is 0.603. The van der Waals surface area contributed by atoms with Crippen LogP contribution in [0.25, 0.3) is 0 Å². The van der Waals surface area contributed by atoms with Crippen LogP contribution in [0.1, 0.15) is 5.56 Å². The van der Waals surface area contributed by atoms with E-state index in [0.717, 1.165) is 14.9 Å². The third-order valence-electron chi connectivity index (χ3n) is 1.77. The van der Waals surface area contributed by atoms with Crippen molar-refractivity contribution >= 4 is 44.3 Å². The molecular formula is C10H10BrIO2. The number of carbonyl (C=O) groups is 1. The predicted molar refractivity (Wildman–Crippen MR) is 68.2 cm³/mol. The number of halogens is 2. The molecular weight excluding hydrogens is 359 g/mol. The van der Waals surface area contributed by atoms with Crippen LogP contribution >= 0.6 is 38.5 Å². The van der Waals surface area contributed by atoms with Gasteiger partial charge in [0.2, 0.25) is 0 Å². The van der Waals surface area contributed by atoms with Crippen LogP contribution in [0.3, 0.4) is 0 Å². The first-order valence-corrected chi connectivity index (χ1v) is 6.27. The fourth-order valence-corrected chi connectivity index (χ4v) is 2.09.